The summed E-state index contributed by atoms with van der Waals surface area (Å²) in [5, 5.41) is 3.01. The van der Waals surface area contributed by atoms with Crippen molar-refractivity contribution in [3.05, 3.63) is 24.0 Å². The first-order chi connectivity index (χ1) is 13.5. The van der Waals surface area contributed by atoms with E-state index in [9.17, 15) is 4.79 Å². The molecule has 1 aromatic heterocycles. The minimum absolute atomic E-state index is 0.0709. The van der Waals surface area contributed by atoms with Gasteiger partial charge in [-0.05, 0) is 50.0 Å². The van der Waals surface area contributed by atoms with Crippen LogP contribution in [0.2, 0.25) is 0 Å². The maximum atomic E-state index is 12.1. The Hall–Kier alpha value is -1.92. The van der Waals surface area contributed by atoms with Gasteiger partial charge < -0.3 is 9.88 Å². The van der Waals surface area contributed by atoms with E-state index in [-0.39, 0.29) is 5.91 Å². The lowest BCUT2D eigenvalue weighted by Crippen LogP contribution is -2.43. The molecule has 2 aliphatic heterocycles. The number of rotatable bonds is 6. The van der Waals surface area contributed by atoms with Crippen LogP contribution in [0.4, 0.5) is 5.69 Å². The van der Waals surface area contributed by atoms with Gasteiger partial charge in [0.2, 0.25) is 5.91 Å². The Balaban J connectivity index is 1.46. The molecule has 0 saturated carbocycles. The number of aromatic nitrogens is 2. The largest absolute Gasteiger partial charge is 0.326 e. The number of likely N-dealkylation sites (tertiary alicyclic amines) is 1. The summed E-state index contributed by atoms with van der Waals surface area (Å²) in [6.45, 7) is 12.9. The van der Waals surface area contributed by atoms with Crippen LogP contribution in [-0.4, -0.2) is 57.5 Å². The normalized spacial score (nSPS) is 20.8. The van der Waals surface area contributed by atoms with Gasteiger partial charge in [0.1, 0.15) is 5.82 Å². The molecule has 1 saturated heterocycles. The molecule has 152 valence electrons. The number of hydrogen-bond acceptors (Lipinski definition) is 4. The maximum Gasteiger partial charge on any atom is 0.224 e. The predicted molar refractivity (Wildman–Crippen MR) is 113 cm³/mol. The Morgan fingerprint density at radius 1 is 1.29 bits per heavy atom. The average Bonchev–Trinajstić information content (AvgIpc) is 3.23. The first kappa shape index (κ1) is 19.4. The number of carbonyl (C=O) groups is 1. The van der Waals surface area contributed by atoms with Crippen LogP contribution < -0.4 is 5.32 Å². The van der Waals surface area contributed by atoms with Crippen molar-refractivity contribution < 1.29 is 4.79 Å². The molecule has 2 aromatic rings. The number of anilines is 1. The van der Waals surface area contributed by atoms with Crippen molar-refractivity contribution in [2.24, 2.45) is 5.92 Å². The summed E-state index contributed by atoms with van der Waals surface area (Å²) in [4.78, 5) is 22.1. The number of nitrogens with one attached hydrogen (secondary N) is 1. The summed E-state index contributed by atoms with van der Waals surface area (Å²) in [5.41, 5.74) is 3.00. The highest BCUT2D eigenvalue weighted by Gasteiger charge is 2.27. The Morgan fingerprint density at radius 2 is 2.14 bits per heavy atom. The smallest absolute Gasteiger partial charge is 0.224 e. The van der Waals surface area contributed by atoms with E-state index in [1.807, 2.05) is 12.1 Å². The summed E-state index contributed by atoms with van der Waals surface area (Å²) in [5.74, 6) is 1.58. The third-order valence-corrected chi connectivity index (χ3v) is 6.08. The lowest BCUT2D eigenvalue weighted by molar-refractivity contribution is -0.116. The van der Waals surface area contributed by atoms with Crippen molar-refractivity contribution in [1.82, 2.24) is 19.4 Å². The minimum Gasteiger partial charge on any atom is -0.326 e. The van der Waals surface area contributed by atoms with Crippen molar-refractivity contribution in [2.45, 2.75) is 59.2 Å². The van der Waals surface area contributed by atoms with Crippen molar-refractivity contribution in [1.29, 1.82) is 0 Å². The molecule has 4 rings (SSSR count). The van der Waals surface area contributed by atoms with Crippen molar-refractivity contribution in [3.63, 3.8) is 0 Å². The molecule has 0 unspecified atom stereocenters. The molecule has 0 bridgehead atoms. The van der Waals surface area contributed by atoms with Gasteiger partial charge in [0, 0.05) is 37.8 Å². The lowest BCUT2D eigenvalue weighted by Gasteiger charge is -2.33. The fourth-order valence-electron chi connectivity index (χ4n) is 4.70. The SMILES string of the molecule is CCN1CCC[C@H]1CN1CCn2c(nc3cc(NC(=O)CC(C)C)ccc32)C1. The molecular weight excluding hydrogens is 350 g/mol. The summed E-state index contributed by atoms with van der Waals surface area (Å²) < 4.78 is 2.35. The van der Waals surface area contributed by atoms with Crippen LogP contribution in [0.1, 0.15) is 45.9 Å². The van der Waals surface area contributed by atoms with Gasteiger partial charge in [0.15, 0.2) is 0 Å². The number of carbonyl (C=O) groups excluding carboxylic acids is 1. The molecule has 1 atom stereocenters. The molecule has 6 heteroatoms. The van der Waals surface area contributed by atoms with Crippen LogP contribution in [0.5, 0.6) is 0 Å². The van der Waals surface area contributed by atoms with Crippen molar-refractivity contribution in [3.8, 4) is 0 Å². The highest BCUT2D eigenvalue weighted by Crippen LogP contribution is 2.25. The molecular formula is C22H33N5O. The Bertz CT molecular complexity index is 843. The number of nitrogens with zero attached hydrogens (tertiary/aromatic N) is 4. The van der Waals surface area contributed by atoms with Gasteiger partial charge in [-0.25, -0.2) is 4.98 Å². The van der Waals surface area contributed by atoms with E-state index in [1.165, 1.54) is 24.9 Å². The zero-order chi connectivity index (χ0) is 19.7. The van der Waals surface area contributed by atoms with Crippen LogP contribution in [0.25, 0.3) is 11.0 Å². The summed E-state index contributed by atoms with van der Waals surface area (Å²) in [6, 6.07) is 6.81. The molecule has 0 aliphatic carbocycles. The molecule has 0 spiro atoms. The fourth-order valence-corrected chi connectivity index (χ4v) is 4.70. The second-order valence-corrected chi connectivity index (χ2v) is 8.69. The van der Waals surface area contributed by atoms with Gasteiger partial charge >= 0.3 is 0 Å². The lowest BCUT2D eigenvalue weighted by atomic mass is 10.1. The Morgan fingerprint density at radius 3 is 2.93 bits per heavy atom. The van der Waals surface area contributed by atoms with E-state index < -0.39 is 0 Å². The highest BCUT2D eigenvalue weighted by molar-refractivity contribution is 5.93. The Kier molecular flexibility index (Phi) is 5.69. The van der Waals surface area contributed by atoms with Gasteiger partial charge in [0.05, 0.1) is 17.6 Å². The molecule has 0 radical (unpaired) electrons. The zero-order valence-corrected chi connectivity index (χ0v) is 17.4. The number of fused-ring (bicyclic) bond motifs is 3. The second-order valence-electron chi connectivity index (χ2n) is 8.69. The van der Waals surface area contributed by atoms with Gasteiger partial charge in [-0.1, -0.05) is 20.8 Å². The number of likely N-dealkylation sites (N-methyl/N-ethyl adjacent to an activating group) is 1. The summed E-state index contributed by atoms with van der Waals surface area (Å²) in [7, 11) is 0. The van der Waals surface area contributed by atoms with E-state index in [0.29, 0.717) is 18.4 Å². The monoisotopic (exact) mass is 383 g/mol. The summed E-state index contributed by atoms with van der Waals surface area (Å²) >= 11 is 0. The Labute approximate surface area is 167 Å². The van der Waals surface area contributed by atoms with E-state index >= 15 is 0 Å². The number of imidazole rings is 1. The molecule has 1 aromatic carbocycles. The van der Waals surface area contributed by atoms with Gasteiger partial charge in [0.25, 0.3) is 0 Å². The van der Waals surface area contributed by atoms with Crippen molar-refractivity contribution >= 4 is 22.6 Å². The van der Waals surface area contributed by atoms with E-state index in [1.54, 1.807) is 0 Å². The van der Waals surface area contributed by atoms with Gasteiger partial charge in [-0.2, -0.15) is 0 Å². The topological polar surface area (TPSA) is 53.4 Å². The molecule has 1 N–H and O–H groups in total. The van der Waals surface area contributed by atoms with E-state index in [0.717, 1.165) is 49.8 Å². The highest BCUT2D eigenvalue weighted by atomic mass is 16.1. The number of benzene rings is 1. The third-order valence-electron chi connectivity index (χ3n) is 6.08. The molecule has 6 nitrogen and oxygen atoms in total. The average molecular weight is 384 g/mol. The van der Waals surface area contributed by atoms with Gasteiger partial charge in [-0.3, -0.25) is 14.6 Å². The van der Waals surface area contributed by atoms with Crippen LogP contribution in [0.15, 0.2) is 18.2 Å². The fraction of sp³-hybridized carbons (Fsp3) is 0.636. The minimum atomic E-state index is 0.0709. The van der Waals surface area contributed by atoms with E-state index in [4.69, 9.17) is 4.98 Å². The van der Waals surface area contributed by atoms with E-state index in [2.05, 4.69) is 46.5 Å². The summed E-state index contributed by atoms with van der Waals surface area (Å²) in [6.07, 6.45) is 3.19. The molecule has 1 amide bonds. The molecule has 3 heterocycles. The third kappa shape index (κ3) is 4.08. The molecule has 28 heavy (non-hydrogen) atoms. The van der Waals surface area contributed by atoms with Crippen LogP contribution >= 0.6 is 0 Å². The second kappa shape index (κ2) is 8.21. The van der Waals surface area contributed by atoms with Crippen LogP contribution in [0.3, 0.4) is 0 Å². The van der Waals surface area contributed by atoms with Gasteiger partial charge in [-0.15, -0.1) is 0 Å². The van der Waals surface area contributed by atoms with Crippen LogP contribution in [-0.2, 0) is 17.9 Å². The molecule has 2 aliphatic rings. The predicted octanol–water partition coefficient (Wildman–Crippen LogP) is 3.32. The number of amides is 1. The standard InChI is InChI=1S/C22H33N5O/c1-4-26-9-5-6-18(26)14-25-10-11-27-20-8-7-17(23-22(28)12-16(2)3)13-19(20)24-21(27)15-25/h7-8,13,16,18H,4-6,9-12,14-15H2,1-3H3,(H,23,28)/t18-/m0/s1. The number of hydrogen-bond donors (Lipinski definition) is 1. The quantitative estimate of drug-likeness (QED) is 0.831. The first-order valence-corrected chi connectivity index (χ1v) is 10.8. The zero-order valence-electron chi connectivity index (χ0n) is 17.4. The maximum absolute atomic E-state index is 12.1. The van der Waals surface area contributed by atoms with Crippen molar-refractivity contribution in [2.75, 3.05) is 31.5 Å². The molecule has 1 fully saturated rings. The first-order valence-electron chi connectivity index (χ1n) is 10.8. The van der Waals surface area contributed by atoms with Crippen LogP contribution in [0, 0.1) is 5.92 Å².